The first-order valence-corrected chi connectivity index (χ1v) is 8.00. The third kappa shape index (κ3) is 3.07. The minimum absolute atomic E-state index is 0.342. The van der Waals surface area contributed by atoms with Gasteiger partial charge in [-0.15, -0.1) is 0 Å². The Kier molecular flexibility index (Phi) is 4.41. The van der Waals surface area contributed by atoms with E-state index in [4.69, 9.17) is 16.3 Å². The van der Waals surface area contributed by atoms with Crippen molar-refractivity contribution in [1.29, 1.82) is 0 Å². The van der Waals surface area contributed by atoms with E-state index in [1.165, 1.54) is 32.1 Å². The maximum Gasteiger partial charge on any atom is 0.224 e. The molecule has 1 aliphatic heterocycles. The first kappa shape index (κ1) is 14.1. The van der Waals surface area contributed by atoms with Gasteiger partial charge in [0.05, 0.1) is 24.9 Å². The number of hydrogen-bond acceptors (Lipinski definition) is 4. The third-order valence-electron chi connectivity index (χ3n) is 4.39. The Morgan fingerprint density at radius 2 is 2.05 bits per heavy atom. The summed E-state index contributed by atoms with van der Waals surface area (Å²) in [5.74, 6) is 1.51. The van der Waals surface area contributed by atoms with Crippen molar-refractivity contribution in [3.05, 3.63) is 17.0 Å². The zero-order chi connectivity index (χ0) is 13.9. The molecule has 5 heteroatoms. The van der Waals surface area contributed by atoms with E-state index in [0.717, 1.165) is 31.3 Å². The lowest BCUT2D eigenvalue weighted by Crippen LogP contribution is -2.44. The summed E-state index contributed by atoms with van der Waals surface area (Å²) in [4.78, 5) is 11.2. The van der Waals surface area contributed by atoms with Crippen molar-refractivity contribution in [3.8, 4) is 0 Å². The summed E-state index contributed by atoms with van der Waals surface area (Å²) in [7, 11) is 0. The van der Waals surface area contributed by atoms with Crippen LogP contribution in [-0.4, -0.2) is 35.8 Å². The quantitative estimate of drug-likeness (QED) is 0.784. The van der Waals surface area contributed by atoms with Gasteiger partial charge in [-0.3, -0.25) is 0 Å². The molecule has 1 atom stereocenters. The van der Waals surface area contributed by atoms with Gasteiger partial charge < -0.3 is 9.64 Å². The summed E-state index contributed by atoms with van der Waals surface area (Å²) in [6, 6.07) is 2.48. The van der Waals surface area contributed by atoms with Gasteiger partial charge in [0.2, 0.25) is 5.28 Å². The molecule has 20 heavy (non-hydrogen) atoms. The highest BCUT2D eigenvalue weighted by Crippen LogP contribution is 2.33. The number of ether oxygens (including phenoxy) is 1. The van der Waals surface area contributed by atoms with Gasteiger partial charge in [-0.05, 0) is 31.4 Å². The minimum atomic E-state index is 0.342. The number of anilines is 1. The molecule has 2 aliphatic rings. The van der Waals surface area contributed by atoms with E-state index in [2.05, 4.69) is 27.9 Å². The van der Waals surface area contributed by atoms with Crippen molar-refractivity contribution in [1.82, 2.24) is 9.97 Å². The Morgan fingerprint density at radius 3 is 2.80 bits per heavy atom. The number of nitrogens with zero attached hydrogens (tertiary/aromatic N) is 3. The number of hydrogen-bond donors (Lipinski definition) is 0. The smallest absolute Gasteiger partial charge is 0.224 e. The maximum atomic E-state index is 6.16. The fraction of sp³-hybridized carbons (Fsp3) is 0.733. The normalized spacial score (nSPS) is 24.9. The molecule has 0 aromatic carbocycles. The van der Waals surface area contributed by atoms with Gasteiger partial charge >= 0.3 is 0 Å². The molecular weight excluding hydrogens is 274 g/mol. The van der Waals surface area contributed by atoms with Crippen LogP contribution >= 0.6 is 11.6 Å². The molecule has 0 bridgehead atoms. The monoisotopic (exact) mass is 295 g/mol. The lowest BCUT2D eigenvalue weighted by molar-refractivity contribution is 0.0985. The molecule has 1 saturated heterocycles. The fourth-order valence-corrected chi connectivity index (χ4v) is 3.43. The van der Waals surface area contributed by atoms with Crippen LogP contribution < -0.4 is 4.90 Å². The van der Waals surface area contributed by atoms with E-state index in [1.54, 1.807) is 0 Å². The van der Waals surface area contributed by atoms with E-state index >= 15 is 0 Å². The van der Waals surface area contributed by atoms with Gasteiger partial charge in [-0.1, -0.05) is 19.3 Å². The molecule has 0 N–H and O–H groups in total. The van der Waals surface area contributed by atoms with Crippen molar-refractivity contribution in [3.63, 3.8) is 0 Å². The van der Waals surface area contributed by atoms with Crippen LogP contribution in [0.15, 0.2) is 6.07 Å². The second kappa shape index (κ2) is 6.27. The van der Waals surface area contributed by atoms with Crippen LogP contribution in [0, 0.1) is 0 Å². The number of halogens is 1. The molecule has 2 heterocycles. The van der Waals surface area contributed by atoms with Crippen LogP contribution in [0.4, 0.5) is 5.82 Å². The second-order valence-electron chi connectivity index (χ2n) is 5.87. The Balaban J connectivity index is 1.85. The summed E-state index contributed by atoms with van der Waals surface area (Å²) < 4.78 is 5.49. The first-order chi connectivity index (χ1) is 9.74. The third-order valence-corrected chi connectivity index (χ3v) is 4.56. The number of morpholine rings is 1. The zero-order valence-electron chi connectivity index (χ0n) is 12.0. The fourth-order valence-electron chi connectivity index (χ4n) is 3.24. The van der Waals surface area contributed by atoms with Crippen LogP contribution in [0.1, 0.15) is 50.6 Å². The van der Waals surface area contributed by atoms with Gasteiger partial charge in [0.1, 0.15) is 5.82 Å². The minimum Gasteiger partial charge on any atom is -0.377 e. The van der Waals surface area contributed by atoms with E-state index in [1.807, 2.05) is 0 Å². The molecule has 2 fully saturated rings. The Bertz CT molecular complexity index is 462. The Hall–Kier alpha value is -0.870. The maximum absolute atomic E-state index is 6.16. The van der Waals surface area contributed by atoms with E-state index < -0.39 is 0 Å². The predicted octanol–water partition coefficient (Wildman–Crippen LogP) is 3.40. The summed E-state index contributed by atoms with van der Waals surface area (Å²) in [6.07, 6.45) is 6.41. The topological polar surface area (TPSA) is 38.2 Å². The molecule has 3 rings (SSSR count). The van der Waals surface area contributed by atoms with Crippen LogP contribution in [0.5, 0.6) is 0 Å². The van der Waals surface area contributed by atoms with Gasteiger partial charge in [-0.25, -0.2) is 9.97 Å². The molecular formula is C15H22ClN3O. The average Bonchev–Trinajstić information content (AvgIpc) is 2.48. The molecule has 1 aromatic heterocycles. The Labute approximate surface area is 125 Å². The summed E-state index contributed by atoms with van der Waals surface area (Å²) >= 11 is 6.16. The summed E-state index contributed by atoms with van der Waals surface area (Å²) in [5, 5.41) is 0.377. The van der Waals surface area contributed by atoms with Crippen molar-refractivity contribution in [2.45, 2.75) is 51.0 Å². The van der Waals surface area contributed by atoms with E-state index in [9.17, 15) is 0 Å². The van der Waals surface area contributed by atoms with Crippen LogP contribution in [-0.2, 0) is 4.74 Å². The van der Waals surface area contributed by atoms with Crippen LogP contribution in [0.3, 0.4) is 0 Å². The SMILES string of the molecule is C[C@@H]1COCCN1c1cc(C2CCCCC2)nc(Cl)n1. The van der Waals surface area contributed by atoms with Crippen LogP contribution in [0.25, 0.3) is 0 Å². The first-order valence-electron chi connectivity index (χ1n) is 7.63. The average molecular weight is 296 g/mol. The molecule has 0 amide bonds. The standard InChI is InChI=1S/C15H22ClN3O/c1-11-10-20-8-7-19(11)14-9-13(17-15(16)18-14)12-5-3-2-4-6-12/h9,11-12H,2-8,10H2,1H3/t11-/m1/s1. The number of rotatable bonds is 2. The molecule has 0 spiro atoms. The van der Waals surface area contributed by atoms with Crippen LogP contribution in [0.2, 0.25) is 5.28 Å². The van der Waals surface area contributed by atoms with Crippen molar-refractivity contribution < 1.29 is 4.74 Å². The largest absolute Gasteiger partial charge is 0.377 e. The van der Waals surface area contributed by atoms with Crippen molar-refractivity contribution in [2.24, 2.45) is 0 Å². The molecule has 1 aromatic rings. The molecule has 4 nitrogen and oxygen atoms in total. The van der Waals surface area contributed by atoms with Gasteiger partial charge in [0, 0.05) is 18.5 Å². The lowest BCUT2D eigenvalue weighted by Gasteiger charge is -2.34. The highest BCUT2D eigenvalue weighted by atomic mass is 35.5. The van der Waals surface area contributed by atoms with Crippen molar-refractivity contribution in [2.75, 3.05) is 24.7 Å². The van der Waals surface area contributed by atoms with E-state index in [0.29, 0.717) is 17.2 Å². The molecule has 0 radical (unpaired) electrons. The molecule has 1 saturated carbocycles. The van der Waals surface area contributed by atoms with E-state index in [-0.39, 0.29) is 0 Å². The zero-order valence-corrected chi connectivity index (χ0v) is 12.8. The Morgan fingerprint density at radius 1 is 1.25 bits per heavy atom. The van der Waals surface area contributed by atoms with Gasteiger partial charge in [0.25, 0.3) is 0 Å². The number of aromatic nitrogens is 2. The van der Waals surface area contributed by atoms with Gasteiger partial charge in [0.15, 0.2) is 0 Å². The summed E-state index contributed by atoms with van der Waals surface area (Å²) in [5.41, 5.74) is 1.12. The molecule has 1 aliphatic carbocycles. The lowest BCUT2D eigenvalue weighted by atomic mass is 9.87. The van der Waals surface area contributed by atoms with Crippen molar-refractivity contribution >= 4 is 17.4 Å². The summed E-state index contributed by atoms with van der Waals surface area (Å²) in [6.45, 7) is 4.54. The predicted molar refractivity (Wildman–Crippen MR) is 80.5 cm³/mol. The molecule has 110 valence electrons. The molecule has 0 unspecified atom stereocenters. The highest BCUT2D eigenvalue weighted by molar-refractivity contribution is 6.28. The highest BCUT2D eigenvalue weighted by Gasteiger charge is 2.23. The van der Waals surface area contributed by atoms with Gasteiger partial charge in [-0.2, -0.15) is 0 Å². The second-order valence-corrected chi connectivity index (χ2v) is 6.21.